The van der Waals surface area contributed by atoms with Gasteiger partial charge < -0.3 is 9.72 Å². The molecule has 0 aromatic carbocycles. The molecule has 0 amide bonds. The van der Waals surface area contributed by atoms with E-state index >= 15 is 0 Å². The molecule has 106 valence electrons. The van der Waals surface area contributed by atoms with Crippen molar-refractivity contribution in [2.24, 2.45) is 5.41 Å². The number of rotatable bonds is 2. The largest absolute Gasteiger partial charge is 0.421 e. The van der Waals surface area contributed by atoms with Crippen molar-refractivity contribution in [2.45, 2.75) is 20.8 Å². The van der Waals surface area contributed by atoms with Crippen LogP contribution in [0.15, 0.2) is 12.4 Å². The third kappa shape index (κ3) is 2.31. The predicted octanol–water partition coefficient (Wildman–Crippen LogP) is 2.56. The number of halogens is 1. The van der Waals surface area contributed by atoms with E-state index in [9.17, 15) is 19.3 Å². The number of carbonyl (C=O) groups excluding carboxylic acids is 1. The Kier molecular flexibility index (Phi) is 3.16. The molecule has 0 atom stereocenters. The van der Waals surface area contributed by atoms with E-state index in [0.29, 0.717) is 0 Å². The summed E-state index contributed by atoms with van der Waals surface area (Å²) in [5.41, 5.74) is -1.27. The zero-order valence-electron chi connectivity index (χ0n) is 11.1. The summed E-state index contributed by atoms with van der Waals surface area (Å²) in [6.07, 6.45) is 2.05. The van der Waals surface area contributed by atoms with Crippen LogP contribution in [0.5, 0.6) is 5.75 Å². The van der Waals surface area contributed by atoms with Gasteiger partial charge in [-0.2, -0.15) is 0 Å². The Bertz CT molecular complexity index is 703. The summed E-state index contributed by atoms with van der Waals surface area (Å²) in [4.78, 5) is 28.1. The Balaban J connectivity index is 2.51. The number of hydrogen-bond acceptors (Lipinski definition) is 5. The van der Waals surface area contributed by atoms with Gasteiger partial charge in [-0.3, -0.25) is 14.9 Å². The molecule has 0 fully saturated rings. The second-order valence-electron chi connectivity index (χ2n) is 5.23. The average Bonchev–Trinajstić information content (AvgIpc) is 2.76. The van der Waals surface area contributed by atoms with Gasteiger partial charge in [0.2, 0.25) is 0 Å². The summed E-state index contributed by atoms with van der Waals surface area (Å²) in [5.74, 6) is -2.07. The minimum absolute atomic E-state index is 0.0183. The second-order valence-corrected chi connectivity index (χ2v) is 5.23. The van der Waals surface area contributed by atoms with Crippen molar-refractivity contribution in [1.82, 2.24) is 9.97 Å². The first-order valence-corrected chi connectivity index (χ1v) is 5.74. The van der Waals surface area contributed by atoms with Gasteiger partial charge in [0.25, 0.3) is 5.69 Å². The van der Waals surface area contributed by atoms with Crippen LogP contribution in [0.1, 0.15) is 20.8 Å². The molecule has 1 N–H and O–H groups in total. The number of aromatic amines is 1. The fraction of sp³-hybridized carbons (Fsp3) is 0.333. The van der Waals surface area contributed by atoms with E-state index in [1.807, 2.05) is 0 Å². The normalized spacial score (nSPS) is 11.6. The summed E-state index contributed by atoms with van der Waals surface area (Å²) >= 11 is 0. The highest BCUT2D eigenvalue weighted by molar-refractivity contribution is 5.88. The molecule has 0 bridgehead atoms. The zero-order chi connectivity index (χ0) is 15.1. The standard InChI is InChI=1S/C12H12FN3O4/c1-12(2,3)11(17)20-7-5-15-10-8(9(7)13)6(4-14-10)16(18)19/h4-5H,1-3H3,(H,14,15). The fourth-order valence-corrected chi connectivity index (χ4v) is 1.49. The molecule has 2 heterocycles. The van der Waals surface area contributed by atoms with Gasteiger partial charge in [-0.1, -0.05) is 0 Å². The number of esters is 1. The Hall–Kier alpha value is -2.51. The van der Waals surface area contributed by atoms with Crippen molar-refractivity contribution >= 4 is 22.7 Å². The second kappa shape index (κ2) is 4.55. The van der Waals surface area contributed by atoms with Crippen LogP contribution in [0.4, 0.5) is 10.1 Å². The maximum Gasteiger partial charge on any atom is 0.316 e. The Morgan fingerprint density at radius 3 is 2.70 bits per heavy atom. The fourth-order valence-electron chi connectivity index (χ4n) is 1.49. The monoisotopic (exact) mass is 281 g/mol. The van der Waals surface area contributed by atoms with Crippen molar-refractivity contribution < 1.29 is 18.8 Å². The molecule has 2 aromatic rings. The molecule has 2 aromatic heterocycles. The van der Waals surface area contributed by atoms with E-state index in [1.54, 1.807) is 20.8 Å². The maximum absolute atomic E-state index is 14.2. The highest BCUT2D eigenvalue weighted by Crippen LogP contribution is 2.32. The molecule has 7 nitrogen and oxygen atoms in total. The van der Waals surface area contributed by atoms with E-state index in [0.717, 1.165) is 12.4 Å². The molecule has 0 radical (unpaired) electrons. The number of nitro groups is 1. The van der Waals surface area contributed by atoms with Gasteiger partial charge >= 0.3 is 5.97 Å². The number of ether oxygens (including phenoxy) is 1. The molecule has 0 aliphatic carbocycles. The molecule has 0 spiro atoms. The lowest BCUT2D eigenvalue weighted by atomic mass is 9.97. The smallest absolute Gasteiger partial charge is 0.316 e. The van der Waals surface area contributed by atoms with Crippen LogP contribution >= 0.6 is 0 Å². The topological polar surface area (TPSA) is 98.1 Å². The molecule has 0 saturated heterocycles. The van der Waals surface area contributed by atoms with E-state index in [2.05, 4.69) is 9.97 Å². The number of carbonyl (C=O) groups is 1. The van der Waals surface area contributed by atoms with E-state index in [-0.39, 0.29) is 11.0 Å². The van der Waals surface area contributed by atoms with Gasteiger partial charge in [0.05, 0.1) is 22.7 Å². The van der Waals surface area contributed by atoms with Crippen molar-refractivity contribution in [1.29, 1.82) is 0 Å². The van der Waals surface area contributed by atoms with Crippen molar-refractivity contribution in [3.63, 3.8) is 0 Å². The molecule has 20 heavy (non-hydrogen) atoms. The number of aromatic nitrogens is 2. The first kappa shape index (κ1) is 13.9. The quantitative estimate of drug-likeness (QED) is 0.518. The molecule has 0 unspecified atom stereocenters. The van der Waals surface area contributed by atoms with Gasteiger partial charge in [-0.15, -0.1) is 0 Å². The summed E-state index contributed by atoms with van der Waals surface area (Å²) in [6, 6.07) is 0. The lowest BCUT2D eigenvalue weighted by molar-refractivity contribution is -0.383. The van der Waals surface area contributed by atoms with Crippen molar-refractivity contribution in [2.75, 3.05) is 0 Å². The number of fused-ring (bicyclic) bond motifs is 1. The van der Waals surface area contributed by atoms with E-state index < -0.39 is 33.6 Å². The van der Waals surface area contributed by atoms with Gasteiger partial charge in [0, 0.05) is 0 Å². The third-order valence-corrected chi connectivity index (χ3v) is 2.60. The molecule has 8 heteroatoms. The van der Waals surface area contributed by atoms with E-state index in [4.69, 9.17) is 4.74 Å². The summed E-state index contributed by atoms with van der Waals surface area (Å²) in [7, 11) is 0. The zero-order valence-corrected chi connectivity index (χ0v) is 11.1. The van der Waals surface area contributed by atoms with Crippen LogP contribution in [0.25, 0.3) is 11.0 Å². The van der Waals surface area contributed by atoms with Crippen LogP contribution in [0.2, 0.25) is 0 Å². The van der Waals surface area contributed by atoms with Gasteiger partial charge in [-0.25, -0.2) is 9.37 Å². The third-order valence-electron chi connectivity index (χ3n) is 2.60. The first-order valence-electron chi connectivity index (χ1n) is 5.74. The lowest BCUT2D eigenvalue weighted by Crippen LogP contribution is -2.26. The summed E-state index contributed by atoms with van der Waals surface area (Å²) < 4.78 is 19.1. The predicted molar refractivity (Wildman–Crippen MR) is 67.8 cm³/mol. The number of H-pyrrole nitrogens is 1. The van der Waals surface area contributed by atoms with Gasteiger partial charge in [0.15, 0.2) is 11.6 Å². The minimum Gasteiger partial charge on any atom is -0.421 e. The van der Waals surface area contributed by atoms with Crippen LogP contribution in [-0.4, -0.2) is 20.9 Å². The van der Waals surface area contributed by atoms with Crippen LogP contribution in [-0.2, 0) is 4.79 Å². The van der Waals surface area contributed by atoms with Gasteiger partial charge in [-0.05, 0) is 20.8 Å². The summed E-state index contributed by atoms with van der Waals surface area (Å²) in [6.45, 7) is 4.83. The molecular weight excluding hydrogens is 269 g/mol. The molecular formula is C12H12FN3O4. The average molecular weight is 281 g/mol. The van der Waals surface area contributed by atoms with Crippen LogP contribution in [0.3, 0.4) is 0 Å². The molecule has 2 rings (SSSR count). The number of nitrogens with one attached hydrogen (secondary N) is 1. The highest BCUT2D eigenvalue weighted by Gasteiger charge is 2.27. The van der Waals surface area contributed by atoms with Crippen LogP contribution < -0.4 is 4.74 Å². The first-order chi connectivity index (χ1) is 9.21. The number of pyridine rings is 1. The van der Waals surface area contributed by atoms with Gasteiger partial charge in [0.1, 0.15) is 11.0 Å². The minimum atomic E-state index is -0.986. The SMILES string of the molecule is CC(C)(C)C(=O)Oc1cnc2[nH]cc([N+](=O)[O-])c2c1F. The Morgan fingerprint density at radius 1 is 1.50 bits per heavy atom. The van der Waals surface area contributed by atoms with E-state index in [1.165, 1.54) is 0 Å². The molecule has 0 aliphatic heterocycles. The maximum atomic E-state index is 14.2. The van der Waals surface area contributed by atoms with Crippen LogP contribution in [0, 0.1) is 21.3 Å². The Labute approximate surface area is 112 Å². The van der Waals surface area contributed by atoms with Crippen molar-refractivity contribution in [3.05, 3.63) is 28.3 Å². The molecule has 0 aliphatic rings. The van der Waals surface area contributed by atoms with Crippen molar-refractivity contribution in [3.8, 4) is 5.75 Å². The summed E-state index contributed by atoms with van der Waals surface area (Å²) in [5, 5.41) is 10.5. The number of nitrogens with zero attached hydrogens (tertiary/aromatic N) is 2. The lowest BCUT2D eigenvalue weighted by Gasteiger charge is -2.16. The highest BCUT2D eigenvalue weighted by atomic mass is 19.1. The number of hydrogen-bond donors (Lipinski definition) is 1. The Morgan fingerprint density at radius 2 is 2.15 bits per heavy atom. The molecule has 0 saturated carbocycles.